The van der Waals surface area contributed by atoms with Crippen LogP contribution in [0, 0.1) is 5.82 Å². The molecule has 2 aliphatic rings. The predicted molar refractivity (Wildman–Crippen MR) is 111 cm³/mol. The van der Waals surface area contributed by atoms with Gasteiger partial charge in [-0.05, 0) is 38.9 Å². The lowest BCUT2D eigenvalue weighted by Gasteiger charge is -2.38. The van der Waals surface area contributed by atoms with E-state index in [4.69, 9.17) is 4.74 Å². The van der Waals surface area contributed by atoms with Crippen LogP contribution in [0.3, 0.4) is 0 Å². The van der Waals surface area contributed by atoms with Gasteiger partial charge in [0.1, 0.15) is 11.4 Å². The van der Waals surface area contributed by atoms with Gasteiger partial charge in [0.2, 0.25) is 5.43 Å². The van der Waals surface area contributed by atoms with Crippen LogP contribution < -0.4 is 10.7 Å². The minimum absolute atomic E-state index is 0.0405. The lowest BCUT2D eigenvalue weighted by Crippen LogP contribution is -2.45. The van der Waals surface area contributed by atoms with Crippen molar-refractivity contribution in [3.05, 3.63) is 39.9 Å². The summed E-state index contributed by atoms with van der Waals surface area (Å²) in [5, 5.41) is 3.56. The summed E-state index contributed by atoms with van der Waals surface area (Å²) in [6.07, 6.45) is 7.16. The molecule has 6 nitrogen and oxygen atoms in total. The molecular formula is C22H28FN3O3. The zero-order chi connectivity index (χ0) is 20.5. The largest absolute Gasteiger partial charge is 0.462 e. The van der Waals surface area contributed by atoms with Gasteiger partial charge >= 0.3 is 5.97 Å². The van der Waals surface area contributed by atoms with Crippen LogP contribution in [0.1, 0.15) is 55.4 Å². The Morgan fingerprint density at radius 3 is 2.62 bits per heavy atom. The number of carbonyl (C=O) groups excluding carboxylic acids is 1. The summed E-state index contributed by atoms with van der Waals surface area (Å²) in [6, 6.07) is 3.38. The van der Waals surface area contributed by atoms with Crippen molar-refractivity contribution in [2.24, 2.45) is 0 Å². The van der Waals surface area contributed by atoms with Gasteiger partial charge in [-0.15, -0.1) is 0 Å². The van der Waals surface area contributed by atoms with E-state index >= 15 is 0 Å². The average molecular weight is 401 g/mol. The van der Waals surface area contributed by atoms with Crippen molar-refractivity contribution in [2.45, 2.75) is 51.1 Å². The number of pyridine rings is 1. The normalized spacial score (nSPS) is 18.6. The topological polar surface area (TPSA) is 63.6 Å². The van der Waals surface area contributed by atoms with E-state index in [1.54, 1.807) is 19.2 Å². The highest BCUT2D eigenvalue weighted by Crippen LogP contribution is 2.29. The van der Waals surface area contributed by atoms with Crippen LogP contribution >= 0.6 is 0 Å². The average Bonchev–Trinajstić information content (AvgIpc) is 2.68. The van der Waals surface area contributed by atoms with E-state index in [-0.39, 0.29) is 29.6 Å². The number of aromatic nitrogens is 1. The Kier molecular flexibility index (Phi) is 5.58. The van der Waals surface area contributed by atoms with Crippen molar-refractivity contribution < 1.29 is 13.9 Å². The van der Waals surface area contributed by atoms with Crippen LogP contribution in [0.4, 0.5) is 10.1 Å². The first-order chi connectivity index (χ1) is 14.0. The van der Waals surface area contributed by atoms with Gasteiger partial charge in [-0.2, -0.15) is 0 Å². The van der Waals surface area contributed by atoms with Crippen LogP contribution in [0.2, 0.25) is 0 Å². The molecule has 0 atom stereocenters. The smallest absolute Gasteiger partial charge is 0.343 e. The maximum Gasteiger partial charge on any atom is 0.343 e. The molecule has 2 heterocycles. The summed E-state index contributed by atoms with van der Waals surface area (Å²) >= 11 is 0. The summed E-state index contributed by atoms with van der Waals surface area (Å²) in [6.45, 7) is 3.49. The molecular weight excluding hydrogens is 373 g/mol. The second-order valence-corrected chi connectivity index (χ2v) is 8.20. The molecule has 0 radical (unpaired) electrons. The molecule has 1 aliphatic carbocycles. The van der Waals surface area contributed by atoms with Gasteiger partial charge in [-0.3, -0.25) is 4.79 Å². The number of halogens is 1. The molecule has 0 spiro atoms. The van der Waals surface area contributed by atoms with E-state index < -0.39 is 17.2 Å². The van der Waals surface area contributed by atoms with Gasteiger partial charge in [-0.1, -0.05) is 19.3 Å². The van der Waals surface area contributed by atoms with Crippen molar-refractivity contribution in [1.82, 2.24) is 9.47 Å². The second kappa shape index (κ2) is 8.14. The van der Waals surface area contributed by atoms with Crippen LogP contribution in [0.25, 0.3) is 10.9 Å². The Hall–Kier alpha value is -2.41. The number of esters is 1. The van der Waals surface area contributed by atoms with Gasteiger partial charge in [0.15, 0.2) is 0 Å². The molecule has 1 aromatic carbocycles. The Labute approximate surface area is 169 Å². The van der Waals surface area contributed by atoms with E-state index in [0.717, 1.165) is 38.8 Å². The number of anilines is 1. The molecule has 1 aliphatic heterocycles. The Morgan fingerprint density at radius 1 is 1.24 bits per heavy atom. The molecule has 156 valence electrons. The fourth-order valence-electron chi connectivity index (χ4n) is 4.45. The van der Waals surface area contributed by atoms with Gasteiger partial charge in [0.25, 0.3) is 0 Å². The van der Waals surface area contributed by atoms with Gasteiger partial charge in [0.05, 0.1) is 23.9 Å². The first-order valence-corrected chi connectivity index (χ1v) is 10.5. The number of fused-ring (bicyclic) bond motifs is 1. The third-order valence-electron chi connectivity index (χ3n) is 6.02. The lowest BCUT2D eigenvalue weighted by molar-refractivity contribution is 0.0523. The van der Waals surface area contributed by atoms with E-state index in [0.29, 0.717) is 11.2 Å². The molecule has 2 aromatic rings. The van der Waals surface area contributed by atoms with Crippen molar-refractivity contribution in [3.63, 3.8) is 0 Å². The molecule has 0 bridgehead atoms. The fourth-order valence-corrected chi connectivity index (χ4v) is 4.45. The molecule has 1 saturated heterocycles. The summed E-state index contributed by atoms with van der Waals surface area (Å²) in [7, 11) is 2.02. The number of likely N-dealkylation sites (tertiary alicyclic amines) is 1. The first kappa shape index (κ1) is 19.9. The Bertz CT molecular complexity index is 975. The third-order valence-corrected chi connectivity index (χ3v) is 6.02. The molecule has 7 heteroatoms. The summed E-state index contributed by atoms with van der Waals surface area (Å²) in [5.74, 6) is -1.12. The third kappa shape index (κ3) is 3.88. The van der Waals surface area contributed by atoms with Crippen LogP contribution in [-0.4, -0.2) is 48.2 Å². The Morgan fingerprint density at radius 2 is 1.97 bits per heavy atom. The highest BCUT2D eigenvalue weighted by atomic mass is 19.1. The quantitative estimate of drug-likeness (QED) is 0.777. The molecule has 0 unspecified atom stereocenters. The number of nitrogens with one attached hydrogen (secondary N) is 1. The fraction of sp³-hybridized carbons (Fsp3) is 0.545. The molecule has 0 amide bonds. The van der Waals surface area contributed by atoms with Crippen molar-refractivity contribution in [2.75, 3.05) is 32.1 Å². The number of nitrogens with zero attached hydrogens (tertiary/aromatic N) is 2. The number of likely N-dealkylation sites (N-methyl/N-ethyl adjacent to an activating group) is 1. The number of hydrogen-bond donors (Lipinski definition) is 1. The highest BCUT2D eigenvalue weighted by molar-refractivity contribution is 5.94. The maximum atomic E-state index is 14.9. The van der Waals surface area contributed by atoms with Crippen LogP contribution in [0.15, 0.2) is 23.1 Å². The standard InChI is InChI=1S/C22H28FN3O3/c1-3-29-22(28)17-13-26(15-11-25(2)12-15)20-10-19(18(23)9-16(20)21(17)27)24-14-7-5-4-6-8-14/h9-10,13-15,24H,3-8,11-12H2,1-2H3. The first-order valence-electron chi connectivity index (χ1n) is 10.5. The highest BCUT2D eigenvalue weighted by Gasteiger charge is 2.28. The van der Waals surface area contributed by atoms with Crippen LogP contribution in [-0.2, 0) is 4.74 Å². The monoisotopic (exact) mass is 401 g/mol. The maximum absolute atomic E-state index is 14.9. The number of hydrogen-bond acceptors (Lipinski definition) is 5. The predicted octanol–water partition coefficient (Wildman–Crippen LogP) is 3.55. The summed E-state index contributed by atoms with van der Waals surface area (Å²) < 4.78 is 21.9. The molecule has 29 heavy (non-hydrogen) atoms. The number of rotatable bonds is 5. The van der Waals surface area contributed by atoms with Crippen molar-refractivity contribution in [3.8, 4) is 0 Å². The molecule has 1 aromatic heterocycles. The van der Waals surface area contributed by atoms with E-state index in [2.05, 4.69) is 10.2 Å². The summed E-state index contributed by atoms with van der Waals surface area (Å²) in [5.41, 5.74) is 0.557. The van der Waals surface area contributed by atoms with E-state index in [9.17, 15) is 14.0 Å². The van der Waals surface area contributed by atoms with Crippen molar-refractivity contribution in [1.29, 1.82) is 0 Å². The SMILES string of the molecule is CCOC(=O)c1cn(C2CN(C)C2)c2cc(NC3CCCCC3)c(F)cc2c1=O. The van der Waals surface area contributed by atoms with E-state index in [1.807, 2.05) is 11.6 Å². The van der Waals surface area contributed by atoms with Crippen molar-refractivity contribution >= 4 is 22.6 Å². The Balaban J connectivity index is 1.81. The zero-order valence-corrected chi connectivity index (χ0v) is 17.0. The molecule has 4 rings (SSSR count). The minimum atomic E-state index is -0.661. The minimum Gasteiger partial charge on any atom is -0.462 e. The molecule has 1 saturated carbocycles. The zero-order valence-electron chi connectivity index (χ0n) is 17.0. The second-order valence-electron chi connectivity index (χ2n) is 8.20. The van der Waals surface area contributed by atoms with Gasteiger partial charge < -0.3 is 19.5 Å². The number of carbonyl (C=O) groups is 1. The van der Waals surface area contributed by atoms with Gasteiger partial charge in [0, 0.05) is 30.7 Å². The van der Waals surface area contributed by atoms with Crippen LogP contribution in [0.5, 0.6) is 0 Å². The van der Waals surface area contributed by atoms with Gasteiger partial charge in [-0.25, -0.2) is 9.18 Å². The molecule has 1 N–H and O–H groups in total. The lowest BCUT2D eigenvalue weighted by atomic mass is 9.95. The summed E-state index contributed by atoms with van der Waals surface area (Å²) in [4.78, 5) is 27.4. The number of ether oxygens (including phenoxy) is 1. The number of benzene rings is 1. The van der Waals surface area contributed by atoms with E-state index in [1.165, 1.54) is 12.5 Å². The molecule has 2 fully saturated rings.